The average Bonchev–Trinajstić information content (AvgIpc) is 2.39. The molecule has 0 aliphatic rings. The molecule has 1 unspecified atom stereocenters. The Morgan fingerprint density at radius 3 is 2.78 bits per heavy atom. The second-order valence-electron chi connectivity index (χ2n) is 4.06. The quantitative estimate of drug-likeness (QED) is 0.806. The van der Waals surface area contributed by atoms with E-state index >= 15 is 0 Å². The summed E-state index contributed by atoms with van der Waals surface area (Å²) in [6, 6.07) is 15.1. The summed E-state index contributed by atoms with van der Waals surface area (Å²) >= 11 is 0. The number of hydrogen-bond donors (Lipinski definition) is 2. The number of nitrogens with zero attached hydrogens (tertiary/aromatic N) is 2. The van der Waals surface area contributed by atoms with Gasteiger partial charge < -0.3 is 11.1 Å². The van der Waals surface area contributed by atoms with Crippen molar-refractivity contribution in [3.8, 4) is 6.07 Å². The third kappa shape index (κ3) is 2.77. The molecule has 1 aromatic heterocycles. The van der Waals surface area contributed by atoms with E-state index in [-0.39, 0.29) is 6.04 Å². The van der Waals surface area contributed by atoms with Gasteiger partial charge in [-0.05, 0) is 36.8 Å². The molecule has 0 amide bonds. The molecule has 18 heavy (non-hydrogen) atoms. The van der Waals surface area contributed by atoms with E-state index in [4.69, 9.17) is 11.0 Å². The van der Waals surface area contributed by atoms with Crippen molar-refractivity contribution < 1.29 is 0 Å². The van der Waals surface area contributed by atoms with Gasteiger partial charge >= 0.3 is 0 Å². The van der Waals surface area contributed by atoms with E-state index in [0.717, 1.165) is 11.3 Å². The molecule has 0 spiro atoms. The molecule has 90 valence electrons. The SMILES string of the molecule is CC(Nc1cccc(C#N)n1)c1cccc(N)c1. The van der Waals surface area contributed by atoms with Crippen LogP contribution in [0.4, 0.5) is 11.5 Å². The number of rotatable bonds is 3. The Hall–Kier alpha value is -2.54. The normalized spacial score (nSPS) is 11.6. The third-order valence-electron chi connectivity index (χ3n) is 2.64. The van der Waals surface area contributed by atoms with Crippen molar-refractivity contribution in [1.29, 1.82) is 5.26 Å². The Morgan fingerprint density at radius 1 is 1.28 bits per heavy atom. The maximum atomic E-state index is 8.79. The van der Waals surface area contributed by atoms with Crippen LogP contribution in [0.1, 0.15) is 24.2 Å². The van der Waals surface area contributed by atoms with E-state index < -0.39 is 0 Å². The molecule has 1 heterocycles. The second kappa shape index (κ2) is 5.19. The maximum Gasteiger partial charge on any atom is 0.142 e. The highest BCUT2D eigenvalue weighted by atomic mass is 15.0. The van der Waals surface area contributed by atoms with Crippen LogP contribution in [-0.4, -0.2) is 4.98 Å². The number of anilines is 2. The largest absolute Gasteiger partial charge is 0.399 e. The first-order valence-electron chi connectivity index (χ1n) is 5.68. The van der Waals surface area contributed by atoms with Crippen molar-refractivity contribution in [2.24, 2.45) is 0 Å². The lowest BCUT2D eigenvalue weighted by molar-refractivity contribution is 0.874. The minimum Gasteiger partial charge on any atom is -0.399 e. The molecule has 4 heteroatoms. The highest BCUT2D eigenvalue weighted by Crippen LogP contribution is 2.19. The van der Waals surface area contributed by atoms with Gasteiger partial charge in [-0.1, -0.05) is 18.2 Å². The Bertz CT molecular complexity index is 586. The lowest BCUT2D eigenvalue weighted by Gasteiger charge is -2.15. The van der Waals surface area contributed by atoms with Crippen molar-refractivity contribution in [3.05, 3.63) is 53.7 Å². The smallest absolute Gasteiger partial charge is 0.142 e. The molecule has 1 aromatic carbocycles. The van der Waals surface area contributed by atoms with Crippen molar-refractivity contribution >= 4 is 11.5 Å². The fourth-order valence-corrected chi connectivity index (χ4v) is 1.71. The zero-order valence-electron chi connectivity index (χ0n) is 10.1. The van der Waals surface area contributed by atoms with Gasteiger partial charge in [-0.15, -0.1) is 0 Å². The minimum absolute atomic E-state index is 0.0787. The summed E-state index contributed by atoms with van der Waals surface area (Å²) in [5.41, 5.74) is 7.97. The molecular formula is C14H14N4. The zero-order valence-corrected chi connectivity index (χ0v) is 10.1. The summed E-state index contributed by atoms with van der Waals surface area (Å²) in [6.07, 6.45) is 0. The van der Waals surface area contributed by atoms with Crippen molar-refractivity contribution in [2.75, 3.05) is 11.1 Å². The van der Waals surface area contributed by atoms with E-state index in [1.54, 1.807) is 12.1 Å². The van der Waals surface area contributed by atoms with Crippen LogP contribution in [0.15, 0.2) is 42.5 Å². The third-order valence-corrected chi connectivity index (χ3v) is 2.64. The molecule has 4 nitrogen and oxygen atoms in total. The topological polar surface area (TPSA) is 74.7 Å². The Kier molecular flexibility index (Phi) is 3.44. The van der Waals surface area contributed by atoms with Gasteiger partial charge in [0, 0.05) is 5.69 Å². The summed E-state index contributed by atoms with van der Waals surface area (Å²) in [5.74, 6) is 0.684. The van der Waals surface area contributed by atoms with Crippen LogP contribution >= 0.6 is 0 Å². The minimum atomic E-state index is 0.0787. The first-order valence-corrected chi connectivity index (χ1v) is 5.68. The summed E-state index contributed by atoms with van der Waals surface area (Å²) in [4.78, 5) is 4.18. The van der Waals surface area contributed by atoms with E-state index in [0.29, 0.717) is 11.5 Å². The van der Waals surface area contributed by atoms with Gasteiger partial charge in [0.25, 0.3) is 0 Å². The predicted molar refractivity (Wildman–Crippen MR) is 71.8 cm³/mol. The first kappa shape index (κ1) is 11.9. The molecule has 0 bridgehead atoms. The molecule has 0 saturated heterocycles. The van der Waals surface area contributed by atoms with E-state index in [9.17, 15) is 0 Å². The standard InChI is InChI=1S/C14H14N4/c1-10(11-4-2-5-12(16)8-11)17-14-7-3-6-13(9-15)18-14/h2-8,10H,16H2,1H3,(H,17,18). The molecule has 0 radical (unpaired) electrons. The molecule has 0 aliphatic heterocycles. The number of aromatic nitrogens is 1. The molecule has 3 N–H and O–H groups in total. The summed E-state index contributed by atoms with van der Waals surface area (Å²) in [7, 11) is 0. The van der Waals surface area contributed by atoms with Crippen LogP contribution in [0, 0.1) is 11.3 Å². The van der Waals surface area contributed by atoms with Gasteiger partial charge in [0.2, 0.25) is 0 Å². The van der Waals surface area contributed by atoms with Gasteiger partial charge in [0.05, 0.1) is 6.04 Å². The van der Waals surface area contributed by atoms with E-state index in [1.165, 1.54) is 0 Å². The number of benzene rings is 1. The lowest BCUT2D eigenvalue weighted by atomic mass is 10.1. The van der Waals surface area contributed by atoms with Crippen molar-refractivity contribution in [1.82, 2.24) is 4.98 Å². The van der Waals surface area contributed by atoms with Crippen LogP contribution in [0.5, 0.6) is 0 Å². The highest BCUT2D eigenvalue weighted by molar-refractivity contribution is 5.45. The van der Waals surface area contributed by atoms with Gasteiger partial charge in [-0.3, -0.25) is 0 Å². The number of hydrogen-bond acceptors (Lipinski definition) is 4. The van der Waals surface area contributed by atoms with Crippen LogP contribution in [-0.2, 0) is 0 Å². The second-order valence-corrected chi connectivity index (χ2v) is 4.06. The van der Waals surface area contributed by atoms with Crippen LogP contribution in [0.25, 0.3) is 0 Å². The zero-order chi connectivity index (χ0) is 13.0. The number of nitriles is 1. The maximum absolute atomic E-state index is 8.79. The number of pyridine rings is 1. The Balaban J connectivity index is 2.16. The van der Waals surface area contributed by atoms with Gasteiger partial charge in [-0.25, -0.2) is 4.98 Å². The van der Waals surface area contributed by atoms with Crippen LogP contribution in [0.2, 0.25) is 0 Å². The number of nitrogens with one attached hydrogen (secondary N) is 1. The predicted octanol–water partition coefficient (Wildman–Crippen LogP) is 2.71. The number of nitrogens with two attached hydrogens (primary N) is 1. The molecule has 2 aromatic rings. The fourth-order valence-electron chi connectivity index (χ4n) is 1.71. The van der Waals surface area contributed by atoms with Gasteiger partial charge in [0.1, 0.15) is 17.6 Å². The molecule has 0 aliphatic carbocycles. The fraction of sp³-hybridized carbons (Fsp3) is 0.143. The van der Waals surface area contributed by atoms with E-state index in [2.05, 4.69) is 10.3 Å². The van der Waals surface area contributed by atoms with Gasteiger partial charge in [-0.2, -0.15) is 5.26 Å². The summed E-state index contributed by atoms with van der Waals surface area (Å²) in [6.45, 7) is 2.02. The first-order chi connectivity index (χ1) is 8.69. The summed E-state index contributed by atoms with van der Waals surface area (Å²) < 4.78 is 0. The monoisotopic (exact) mass is 238 g/mol. The van der Waals surface area contributed by atoms with Gasteiger partial charge in [0.15, 0.2) is 0 Å². The van der Waals surface area contributed by atoms with Crippen molar-refractivity contribution in [3.63, 3.8) is 0 Å². The average molecular weight is 238 g/mol. The molecule has 1 atom stereocenters. The molecule has 0 saturated carbocycles. The highest BCUT2D eigenvalue weighted by Gasteiger charge is 2.06. The molecule has 0 fully saturated rings. The lowest BCUT2D eigenvalue weighted by Crippen LogP contribution is -2.08. The molecule has 2 rings (SSSR count). The molecular weight excluding hydrogens is 224 g/mol. The number of nitrogen functional groups attached to an aromatic ring is 1. The summed E-state index contributed by atoms with van der Waals surface area (Å²) in [5, 5.41) is 12.0. The van der Waals surface area contributed by atoms with Crippen LogP contribution < -0.4 is 11.1 Å². The van der Waals surface area contributed by atoms with Crippen LogP contribution in [0.3, 0.4) is 0 Å². The van der Waals surface area contributed by atoms with E-state index in [1.807, 2.05) is 43.3 Å². The Labute approximate surface area is 106 Å². The Morgan fingerprint density at radius 2 is 2.06 bits per heavy atom. The van der Waals surface area contributed by atoms with Crippen molar-refractivity contribution in [2.45, 2.75) is 13.0 Å².